The van der Waals surface area contributed by atoms with Crippen LogP contribution in [0.15, 0.2) is 67.0 Å². The molecular formula is C22H23ClN4O2. The average Bonchev–Trinajstić information content (AvgIpc) is 3.24. The lowest BCUT2D eigenvalue weighted by atomic mass is 10.1. The molecule has 0 bridgehead atoms. The van der Waals surface area contributed by atoms with Crippen LogP contribution in [0.25, 0.3) is 0 Å². The van der Waals surface area contributed by atoms with Crippen molar-refractivity contribution in [2.24, 2.45) is 0 Å². The number of hydrogen-bond donors (Lipinski definition) is 2. The first-order chi connectivity index (χ1) is 14.1. The molecule has 6 nitrogen and oxygen atoms in total. The highest BCUT2D eigenvalue weighted by Crippen LogP contribution is 2.11. The highest BCUT2D eigenvalue weighted by atomic mass is 35.5. The lowest BCUT2D eigenvalue weighted by molar-refractivity contribution is -0.121. The number of rotatable bonds is 9. The summed E-state index contributed by atoms with van der Waals surface area (Å²) in [6.07, 6.45) is 4.58. The van der Waals surface area contributed by atoms with Gasteiger partial charge < -0.3 is 10.6 Å². The number of halogens is 1. The summed E-state index contributed by atoms with van der Waals surface area (Å²) in [6, 6.07) is 16.6. The second-order valence-corrected chi connectivity index (χ2v) is 7.05. The summed E-state index contributed by atoms with van der Waals surface area (Å²) >= 11 is 5.82. The fraction of sp³-hybridized carbons (Fsp3) is 0.227. The average molecular weight is 411 g/mol. The number of nitrogens with zero attached hydrogens (tertiary/aromatic N) is 2. The van der Waals surface area contributed by atoms with Crippen LogP contribution in [-0.2, 0) is 17.9 Å². The summed E-state index contributed by atoms with van der Waals surface area (Å²) in [4.78, 5) is 24.2. The maximum atomic E-state index is 12.1. The first-order valence-electron chi connectivity index (χ1n) is 9.46. The Morgan fingerprint density at radius 2 is 1.72 bits per heavy atom. The van der Waals surface area contributed by atoms with Gasteiger partial charge in [0.05, 0.1) is 6.54 Å². The number of amides is 2. The minimum atomic E-state index is -0.172. The van der Waals surface area contributed by atoms with Gasteiger partial charge in [-0.05, 0) is 47.9 Å². The fourth-order valence-corrected chi connectivity index (χ4v) is 3.02. The van der Waals surface area contributed by atoms with E-state index < -0.39 is 0 Å². The molecule has 1 heterocycles. The summed E-state index contributed by atoms with van der Waals surface area (Å²) in [5.74, 6) is -0.214. The first kappa shape index (κ1) is 20.6. The van der Waals surface area contributed by atoms with Crippen molar-refractivity contribution in [3.05, 3.63) is 88.7 Å². The van der Waals surface area contributed by atoms with Crippen molar-refractivity contribution >= 4 is 23.4 Å². The zero-order chi connectivity index (χ0) is 20.5. The van der Waals surface area contributed by atoms with Crippen LogP contribution in [0.2, 0.25) is 5.02 Å². The molecule has 0 aliphatic rings. The lowest BCUT2D eigenvalue weighted by Gasteiger charge is -2.11. The fourth-order valence-electron chi connectivity index (χ4n) is 2.89. The van der Waals surface area contributed by atoms with Crippen LogP contribution in [0, 0.1) is 0 Å². The molecule has 0 radical (unpaired) electrons. The van der Waals surface area contributed by atoms with Gasteiger partial charge in [0.15, 0.2) is 0 Å². The van der Waals surface area contributed by atoms with Crippen molar-refractivity contribution in [3.63, 3.8) is 0 Å². The van der Waals surface area contributed by atoms with Crippen LogP contribution in [0.3, 0.4) is 0 Å². The molecule has 0 aliphatic heterocycles. The van der Waals surface area contributed by atoms with Crippen molar-refractivity contribution in [2.75, 3.05) is 6.54 Å². The predicted molar refractivity (Wildman–Crippen MR) is 113 cm³/mol. The Morgan fingerprint density at radius 3 is 2.45 bits per heavy atom. The molecule has 3 rings (SSSR count). The summed E-state index contributed by atoms with van der Waals surface area (Å²) in [5, 5.41) is 10.6. The van der Waals surface area contributed by atoms with Gasteiger partial charge in [0.1, 0.15) is 0 Å². The van der Waals surface area contributed by atoms with Gasteiger partial charge in [0, 0.05) is 42.5 Å². The molecule has 0 unspecified atom stereocenters. The third-order valence-electron chi connectivity index (χ3n) is 4.46. The van der Waals surface area contributed by atoms with Crippen molar-refractivity contribution in [3.8, 4) is 0 Å². The van der Waals surface area contributed by atoms with Crippen LogP contribution in [-0.4, -0.2) is 28.1 Å². The van der Waals surface area contributed by atoms with E-state index in [0.717, 1.165) is 11.1 Å². The van der Waals surface area contributed by atoms with Gasteiger partial charge in [-0.2, -0.15) is 5.10 Å². The van der Waals surface area contributed by atoms with Crippen LogP contribution >= 0.6 is 11.6 Å². The Kier molecular flexibility index (Phi) is 7.41. The van der Waals surface area contributed by atoms with E-state index >= 15 is 0 Å². The van der Waals surface area contributed by atoms with Gasteiger partial charge >= 0.3 is 0 Å². The molecule has 2 N–H and O–H groups in total. The van der Waals surface area contributed by atoms with E-state index in [0.29, 0.717) is 43.1 Å². The Balaban J connectivity index is 1.39. The number of carbonyl (C=O) groups excluding carboxylic acids is 2. The smallest absolute Gasteiger partial charge is 0.251 e. The second-order valence-electron chi connectivity index (χ2n) is 6.62. The highest BCUT2D eigenvalue weighted by molar-refractivity contribution is 6.30. The summed E-state index contributed by atoms with van der Waals surface area (Å²) in [5.41, 5.74) is 2.73. The van der Waals surface area contributed by atoms with E-state index in [1.54, 1.807) is 30.5 Å². The summed E-state index contributed by atoms with van der Waals surface area (Å²) < 4.78 is 1.85. The second kappa shape index (κ2) is 10.4. The minimum absolute atomic E-state index is 0.0420. The molecule has 2 amide bonds. The van der Waals surface area contributed by atoms with Crippen LogP contribution < -0.4 is 10.6 Å². The molecule has 0 spiro atoms. The van der Waals surface area contributed by atoms with Crippen LogP contribution in [0.1, 0.15) is 34.3 Å². The zero-order valence-corrected chi connectivity index (χ0v) is 16.7. The van der Waals surface area contributed by atoms with Gasteiger partial charge in [0.25, 0.3) is 5.91 Å². The molecule has 0 saturated heterocycles. The van der Waals surface area contributed by atoms with E-state index in [1.807, 2.05) is 41.2 Å². The monoisotopic (exact) mass is 410 g/mol. The molecular weight excluding hydrogens is 388 g/mol. The standard InChI is InChI=1S/C22H23ClN4O2/c23-20-10-8-17(9-11-20)22(29)24-12-3-7-21(28)25-15-18-5-1-2-6-19(18)16-27-14-4-13-26-27/h1-2,4-6,8-11,13-14H,3,7,12,15-16H2,(H,24,29)(H,25,28). The molecule has 150 valence electrons. The molecule has 0 atom stereocenters. The minimum Gasteiger partial charge on any atom is -0.352 e. The molecule has 1 aromatic heterocycles. The normalized spacial score (nSPS) is 10.5. The Labute approximate surface area is 174 Å². The maximum absolute atomic E-state index is 12.1. The topological polar surface area (TPSA) is 76.0 Å². The molecule has 0 aliphatic carbocycles. The van der Waals surface area contributed by atoms with Gasteiger partial charge in [-0.3, -0.25) is 14.3 Å². The van der Waals surface area contributed by atoms with Gasteiger partial charge in [-0.1, -0.05) is 35.9 Å². The zero-order valence-electron chi connectivity index (χ0n) is 16.0. The molecule has 0 fully saturated rings. The number of hydrogen-bond acceptors (Lipinski definition) is 3. The van der Waals surface area contributed by atoms with Crippen LogP contribution in [0.5, 0.6) is 0 Å². The molecule has 2 aromatic carbocycles. The first-order valence-corrected chi connectivity index (χ1v) is 9.84. The Hall–Kier alpha value is -3.12. The van der Waals surface area contributed by atoms with E-state index in [-0.39, 0.29) is 11.8 Å². The van der Waals surface area contributed by atoms with Gasteiger partial charge in [-0.25, -0.2) is 0 Å². The van der Waals surface area contributed by atoms with E-state index in [2.05, 4.69) is 15.7 Å². The quantitative estimate of drug-likeness (QED) is 0.531. The Morgan fingerprint density at radius 1 is 0.966 bits per heavy atom. The van der Waals surface area contributed by atoms with E-state index in [9.17, 15) is 9.59 Å². The molecule has 0 saturated carbocycles. The van der Waals surface area contributed by atoms with Crippen molar-refractivity contribution in [2.45, 2.75) is 25.9 Å². The van der Waals surface area contributed by atoms with Crippen LogP contribution in [0.4, 0.5) is 0 Å². The van der Waals surface area contributed by atoms with Gasteiger partial charge in [-0.15, -0.1) is 0 Å². The maximum Gasteiger partial charge on any atom is 0.251 e. The SMILES string of the molecule is O=C(CCCNC(=O)c1ccc(Cl)cc1)NCc1ccccc1Cn1cccn1. The largest absolute Gasteiger partial charge is 0.352 e. The van der Waals surface area contributed by atoms with E-state index in [1.165, 1.54) is 0 Å². The molecule has 3 aromatic rings. The molecule has 7 heteroatoms. The van der Waals surface area contributed by atoms with Crippen molar-refractivity contribution < 1.29 is 9.59 Å². The van der Waals surface area contributed by atoms with Gasteiger partial charge in [0.2, 0.25) is 5.91 Å². The third kappa shape index (κ3) is 6.47. The third-order valence-corrected chi connectivity index (χ3v) is 4.71. The number of nitrogens with one attached hydrogen (secondary N) is 2. The molecule has 29 heavy (non-hydrogen) atoms. The Bertz CT molecular complexity index is 940. The number of benzene rings is 2. The summed E-state index contributed by atoms with van der Waals surface area (Å²) in [7, 11) is 0. The predicted octanol–water partition coefficient (Wildman–Crippen LogP) is 3.41. The number of aromatic nitrogens is 2. The van der Waals surface area contributed by atoms with Crippen molar-refractivity contribution in [1.82, 2.24) is 20.4 Å². The highest BCUT2D eigenvalue weighted by Gasteiger charge is 2.07. The van der Waals surface area contributed by atoms with Crippen molar-refractivity contribution in [1.29, 1.82) is 0 Å². The van der Waals surface area contributed by atoms with E-state index in [4.69, 9.17) is 11.6 Å². The lowest BCUT2D eigenvalue weighted by Crippen LogP contribution is -2.27. The summed E-state index contributed by atoms with van der Waals surface area (Å²) in [6.45, 7) is 1.56. The number of carbonyl (C=O) groups is 2.